The molecular formula is C13H12Cl2N2O2. The molecule has 0 atom stereocenters. The molecule has 0 amide bonds. The summed E-state index contributed by atoms with van der Waals surface area (Å²) in [6, 6.07) is 5.03. The van der Waals surface area contributed by atoms with Crippen LogP contribution in [0, 0.1) is 0 Å². The highest BCUT2D eigenvalue weighted by atomic mass is 35.5. The fraction of sp³-hybridized carbons (Fsp3) is 0.308. The number of hydrogen-bond acceptors (Lipinski definition) is 4. The van der Waals surface area contributed by atoms with E-state index in [0.29, 0.717) is 16.5 Å². The first-order chi connectivity index (χ1) is 8.78. The second-order valence-corrected chi connectivity index (χ2v) is 5.68. The number of aromatic nitrogens is 2. The molecule has 2 rings (SSSR count). The van der Waals surface area contributed by atoms with Crippen LogP contribution in [-0.4, -0.2) is 21.5 Å². The molecule has 2 aromatic rings. The van der Waals surface area contributed by atoms with Gasteiger partial charge in [-0.15, -0.1) is 0 Å². The quantitative estimate of drug-likeness (QED) is 0.455. The van der Waals surface area contributed by atoms with Crippen LogP contribution in [0.1, 0.15) is 31.1 Å². The van der Waals surface area contributed by atoms with Gasteiger partial charge in [-0.25, -0.2) is 14.8 Å². The number of carbonyl (C=O) groups excluding carboxylic acids is 1. The predicted molar refractivity (Wildman–Crippen MR) is 74.7 cm³/mol. The Labute approximate surface area is 120 Å². The van der Waals surface area contributed by atoms with Crippen LogP contribution in [0.2, 0.25) is 10.4 Å². The summed E-state index contributed by atoms with van der Waals surface area (Å²) in [6.07, 6.45) is 0. The van der Waals surface area contributed by atoms with Crippen LogP contribution < -0.4 is 0 Å². The van der Waals surface area contributed by atoms with Gasteiger partial charge in [0.15, 0.2) is 0 Å². The molecule has 0 radical (unpaired) electrons. The van der Waals surface area contributed by atoms with E-state index in [2.05, 4.69) is 9.97 Å². The second kappa shape index (κ2) is 4.94. The molecule has 0 fully saturated rings. The highest BCUT2D eigenvalue weighted by Gasteiger charge is 2.21. The van der Waals surface area contributed by atoms with Crippen molar-refractivity contribution >= 4 is 40.1 Å². The topological polar surface area (TPSA) is 52.1 Å². The molecule has 0 aliphatic carbocycles. The molecular weight excluding hydrogens is 287 g/mol. The molecule has 19 heavy (non-hydrogen) atoms. The molecule has 1 aromatic heterocycles. The number of halogens is 2. The van der Waals surface area contributed by atoms with Crippen molar-refractivity contribution in [3.05, 3.63) is 34.2 Å². The molecule has 4 nitrogen and oxygen atoms in total. The predicted octanol–water partition coefficient (Wildman–Crippen LogP) is 3.89. The first-order valence-electron chi connectivity index (χ1n) is 5.63. The Hall–Kier alpha value is -1.39. The van der Waals surface area contributed by atoms with Crippen LogP contribution in [0.25, 0.3) is 10.9 Å². The van der Waals surface area contributed by atoms with E-state index in [-0.39, 0.29) is 10.4 Å². The lowest BCUT2D eigenvalue weighted by atomic mass is 10.1. The van der Waals surface area contributed by atoms with Gasteiger partial charge in [-0.05, 0) is 44.5 Å². The van der Waals surface area contributed by atoms with Gasteiger partial charge in [0.05, 0.1) is 16.5 Å². The fourth-order valence-corrected chi connectivity index (χ4v) is 2.11. The Morgan fingerprint density at radius 2 is 1.89 bits per heavy atom. The zero-order valence-electron chi connectivity index (χ0n) is 10.7. The molecule has 0 N–H and O–H groups in total. The van der Waals surface area contributed by atoms with E-state index < -0.39 is 11.6 Å². The molecule has 0 unspecified atom stereocenters. The van der Waals surface area contributed by atoms with Gasteiger partial charge in [-0.1, -0.05) is 17.7 Å². The highest BCUT2D eigenvalue weighted by Crippen LogP contribution is 2.27. The van der Waals surface area contributed by atoms with Gasteiger partial charge in [0.2, 0.25) is 5.28 Å². The molecule has 0 spiro atoms. The minimum Gasteiger partial charge on any atom is -0.456 e. The van der Waals surface area contributed by atoms with Gasteiger partial charge in [-0.2, -0.15) is 0 Å². The molecule has 0 saturated heterocycles. The van der Waals surface area contributed by atoms with Gasteiger partial charge in [-0.3, -0.25) is 0 Å². The summed E-state index contributed by atoms with van der Waals surface area (Å²) < 4.78 is 5.33. The second-order valence-electron chi connectivity index (χ2n) is 4.99. The van der Waals surface area contributed by atoms with Crippen molar-refractivity contribution in [3.63, 3.8) is 0 Å². The zero-order valence-corrected chi connectivity index (χ0v) is 12.2. The van der Waals surface area contributed by atoms with Crippen LogP contribution in [0.4, 0.5) is 0 Å². The smallest absolute Gasteiger partial charge is 0.339 e. The minimum absolute atomic E-state index is 0.0406. The van der Waals surface area contributed by atoms with Crippen molar-refractivity contribution in [1.82, 2.24) is 9.97 Å². The third-order valence-electron chi connectivity index (χ3n) is 2.27. The average Bonchev–Trinajstić information content (AvgIpc) is 2.25. The van der Waals surface area contributed by atoms with Crippen molar-refractivity contribution in [2.24, 2.45) is 0 Å². The number of benzene rings is 1. The van der Waals surface area contributed by atoms with E-state index in [1.807, 2.05) is 0 Å². The van der Waals surface area contributed by atoms with E-state index in [9.17, 15) is 4.79 Å². The number of carbonyl (C=O) groups is 1. The lowest BCUT2D eigenvalue weighted by Crippen LogP contribution is -2.24. The maximum Gasteiger partial charge on any atom is 0.339 e. The van der Waals surface area contributed by atoms with Crippen LogP contribution >= 0.6 is 23.2 Å². The van der Waals surface area contributed by atoms with Crippen molar-refractivity contribution in [3.8, 4) is 0 Å². The van der Waals surface area contributed by atoms with Crippen molar-refractivity contribution in [1.29, 1.82) is 0 Å². The van der Waals surface area contributed by atoms with E-state index in [0.717, 1.165) is 0 Å². The number of fused-ring (bicyclic) bond motifs is 1. The molecule has 1 heterocycles. The van der Waals surface area contributed by atoms with Gasteiger partial charge in [0.25, 0.3) is 0 Å². The van der Waals surface area contributed by atoms with E-state index >= 15 is 0 Å². The van der Waals surface area contributed by atoms with Crippen LogP contribution in [0.5, 0.6) is 0 Å². The number of hydrogen-bond donors (Lipinski definition) is 0. The summed E-state index contributed by atoms with van der Waals surface area (Å²) in [5.41, 5.74) is 0.251. The summed E-state index contributed by atoms with van der Waals surface area (Å²) in [5, 5.41) is 0.623. The van der Waals surface area contributed by atoms with Crippen LogP contribution in [0.3, 0.4) is 0 Å². The summed E-state index contributed by atoms with van der Waals surface area (Å²) in [5.74, 6) is -0.467. The SMILES string of the molecule is CC(C)(C)OC(=O)c1cccc2nc(Cl)nc(Cl)c12. The maximum atomic E-state index is 12.1. The van der Waals surface area contributed by atoms with Gasteiger partial charge in [0.1, 0.15) is 10.8 Å². The molecule has 100 valence electrons. The minimum atomic E-state index is -0.584. The Morgan fingerprint density at radius 3 is 2.53 bits per heavy atom. The zero-order chi connectivity index (χ0) is 14.2. The molecule has 0 saturated carbocycles. The fourth-order valence-electron chi connectivity index (χ4n) is 1.61. The van der Waals surface area contributed by atoms with E-state index in [4.69, 9.17) is 27.9 Å². The summed E-state index contributed by atoms with van der Waals surface area (Å²) in [6.45, 7) is 5.39. The molecule has 1 aromatic carbocycles. The highest BCUT2D eigenvalue weighted by molar-refractivity contribution is 6.36. The number of esters is 1. The van der Waals surface area contributed by atoms with Crippen LogP contribution in [-0.2, 0) is 4.74 Å². The van der Waals surface area contributed by atoms with Crippen molar-refractivity contribution in [2.45, 2.75) is 26.4 Å². The average molecular weight is 299 g/mol. The summed E-state index contributed by atoms with van der Waals surface area (Å²) in [7, 11) is 0. The number of ether oxygens (including phenoxy) is 1. The van der Waals surface area contributed by atoms with Crippen molar-refractivity contribution in [2.75, 3.05) is 0 Å². The lowest BCUT2D eigenvalue weighted by Gasteiger charge is -2.20. The molecule has 6 heteroatoms. The third-order valence-corrected chi connectivity index (χ3v) is 2.71. The van der Waals surface area contributed by atoms with Crippen molar-refractivity contribution < 1.29 is 9.53 Å². The number of nitrogens with zero attached hydrogens (tertiary/aromatic N) is 2. The van der Waals surface area contributed by atoms with Gasteiger partial charge >= 0.3 is 5.97 Å². The Balaban J connectivity index is 2.58. The van der Waals surface area contributed by atoms with E-state index in [1.54, 1.807) is 39.0 Å². The standard InChI is InChI=1S/C13H12Cl2N2O2/c1-13(2,3)19-11(18)7-5-4-6-8-9(7)10(14)17-12(15)16-8/h4-6H,1-3H3. The third kappa shape index (κ3) is 3.14. The van der Waals surface area contributed by atoms with E-state index in [1.165, 1.54) is 0 Å². The Kier molecular flexibility index (Phi) is 3.65. The molecule has 0 bridgehead atoms. The largest absolute Gasteiger partial charge is 0.456 e. The molecule has 0 aliphatic heterocycles. The number of rotatable bonds is 1. The Bertz CT molecular complexity index is 651. The van der Waals surface area contributed by atoms with Gasteiger partial charge < -0.3 is 4.74 Å². The normalized spacial score (nSPS) is 11.6. The van der Waals surface area contributed by atoms with Gasteiger partial charge in [0, 0.05) is 0 Å². The first-order valence-corrected chi connectivity index (χ1v) is 6.38. The maximum absolute atomic E-state index is 12.1. The molecule has 0 aliphatic rings. The van der Waals surface area contributed by atoms with Crippen LogP contribution in [0.15, 0.2) is 18.2 Å². The summed E-state index contributed by atoms with van der Waals surface area (Å²) >= 11 is 11.8. The lowest BCUT2D eigenvalue weighted by molar-refractivity contribution is 0.00718. The monoisotopic (exact) mass is 298 g/mol. The first kappa shape index (κ1) is 14.0. The summed E-state index contributed by atoms with van der Waals surface area (Å²) in [4.78, 5) is 20.0. The Morgan fingerprint density at radius 1 is 1.21 bits per heavy atom.